The highest BCUT2D eigenvalue weighted by Crippen LogP contribution is 2.27. The highest BCUT2D eigenvalue weighted by Gasteiger charge is 2.11. The normalized spacial score (nSPS) is 12.5. The molecule has 0 fully saturated rings. The molecule has 1 N–H and O–H groups in total. The van der Waals surface area contributed by atoms with Crippen molar-refractivity contribution in [1.82, 2.24) is 0 Å². The lowest BCUT2D eigenvalue weighted by Gasteiger charge is -2.12. The van der Waals surface area contributed by atoms with Gasteiger partial charge in [-0.05, 0) is 37.5 Å². The first kappa shape index (κ1) is 12.2. The van der Waals surface area contributed by atoms with Crippen LogP contribution in [0, 0.1) is 5.82 Å². The van der Waals surface area contributed by atoms with E-state index in [1.807, 2.05) is 6.92 Å². The summed E-state index contributed by atoms with van der Waals surface area (Å²) in [6.45, 7) is 5.65. The third-order valence-electron chi connectivity index (χ3n) is 2.17. The summed E-state index contributed by atoms with van der Waals surface area (Å²) in [5, 5.41) is 10.1. The van der Waals surface area contributed by atoms with E-state index < -0.39 is 11.9 Å². The minimum absolute atomic E-state index is 0.268. The van der Waals surface area contributed by atoms with Crippen molar-refractivity contribution in [2.45, 2.75) is 25.9 Å². The van der Waals surface area contributed by atoms with E-state index in [1.54, 1.807) is 0 Å². The van der Waals surface area contributed by atoms with Gasteiger partial charge in [-0.25, -0.2) is 4.39 Å². The molecular weight excluding hydrogens is 215 g/mol. The van der Waals surface area contributed by atoms with Crippen molar-refractivity contribution in [3.63, 3.8) is 0 Å². The van der Waals surface area contributed by atoms with Crippen LogP contribution in [0.5, 0.6) is 0 Å². The number of benzene rings is 1. The van der Waals surface area contributed by atoms with E-state index in [-0.39, 0.29) is 5.02 Å². The standard InChI is InChI=1S/C12H14ClFO/c1-8(2)3-6-12(15)10-5-4-9(14)7-11(10)13/h4-5,7,12,15H,1,3,6H2,2H3. The van der Waals surface area contributed by atoms with Gasteiger partial charge < -0.3 is 5.11 Å². The lowest BCUT2D eigenvalue weighted by atomic mass is 10.0. The minimum Gasteiger partial charge on any atom is -0.388 e. The molecule has 1 nitrogen and oxygen atoms in total. The summed E-state index contributed by atoms with van der Waals surface area (Å²) in [6.07, 6.45) is 0.630. The van der Waals surface area contributed by atoms with E-state index in [1.165, 1.54) is 18.2 Å². The topological polar surface area (TPSA) is 20.2 Å². The van der Waals surface area contributed by atoms with Crippen LogP contribution in [0.25, 0.3) is 0 Å². The van der Waals surface area contributed by atoms with Crippen LogP contribution in [0.2, 0.25) is 5.02 Å². The monoisotopic (exact) mass is 228 g/mol. The molecule has 0 aromatic heterocycles. The number of halogens is 2. The van der Waals surface area contributed by atoms with Gasteiger partial charge in [-0.2, -0.15) is 0 Å². The Labute approximate surface area is 94.2 Å². The maximum atomic E-state index is 12.7. The number of aliphatic hydroxyl groups is 1. The van der Waals surface area contributed by atoms with Gasteiger partial charge in [0, 0.05) is 5.02 Å². The van der Waals surface area contributed by atoms with Gasteiger partial charge in [-0.15, -0.1) is 6.58 Å². The molecule has 1 unspecified atom stereocenters. The minimum atomic E-state index is -0.658. The molecule has 0 radical (unpaired) electrons. The molecule has 3 heteroatoms. The van der Waals surface area contributed by atoms with Gasteiger partial charge in [-0.1, -0.05) is 23.2 Å². The van der Waals surface area contributed by atoms with Crippen LogP contribution in [-0.2, 0) is 0 Å². The third kappa shape index (κ3) is 3.65. The Balaban J connectivity index is 2.73. The molecule has 1 aromatic carbocycles. The highest BCUT2D eigenvalue weighted by atomic mass is 35.5. The molecule has 0 amide bonds. The molecular formula is C12H14ClFO. The van der Waals surface area contributed by atoms with E-state index in [0.29, 0.717) is 12.0 Å². The van der Waals surface area contributed by atoms with Crippen molar-refractivity contribution >= 4 is 11.6 Å². The zero-order valence-electron chi connectivity index (χ0n) is 8.63. The second kappa shape index (κ2) is 5.29. The van der Waals surface area contributed by atoms with Crippen molar-refractivity contribution in [2.75, 3.05) is 0 Å². The number of hydrogen-bond acceptors (Lipinski definition) is 1. The first-order valence-corrected chi connectivity index (χ1v) is 5.16. The van der Waals surface area contributed by atoms with Gasteiger partial charge in [0.2, 0.25) is 0 Å². The van der Waals surface area contributed by atoms with Gasteiger partial charge in [0.1, 0.15) is 5.82 Å². The summed E-state index contributed by atoms with van der Waals surface area (Å²) in [5.74, 6) is -0.393. The molecule has 0 aliphatic carbocycles. The van der Waals surface area contributed by atoms with Crippen molar-refractivity contribution in [3.8, 4) is 0 Å². The zero-order chi connectivity index (χ0) is 11.4. The molecule has 1 aromatic rings. The van der Waals surface area contributed by atoms with Crippen molar-refractivity contribution < 1.29 is 9.50 Å². The van der Waals surface area contributed by atoms with Crippen LogP contribution in [0.1, 0.15) is 31.4 Å². The summed E-state index contributed by atoms with van der Waals surface area (Å²) in [6, 6.07) is 4.02. The van der Waals surface area contributed by atoms with E-state index in [9.17, 15) is 9.50 Å². The summed E-state index contributed by atoms with van der Waals surface area (Å²) in [5.41, 5.74) is 1.58. The van der Waals surface area contributed by atoms with Crippen LogP contribution in [0.15, 0.2) is 30.4 Å². The van der Waals surface area contributed by atoms with E-state index in [4.69, 9.17) is 11.6 Å². The van der Waals surface area contributed by atoms with Crippen LogP contribution >= 0.6 is 11.6 Å². The van der Waals surface area contributed by atoms with Crippen molar-refractivity contribution in [3.05, 3.63) is 46.8 Å². The SMILES string of the molecule is C=C(C)CCC(O)c1ccc(F)cc1Cl. The first-order valence-electron chi connectivity index (χ1n) is 4.78. The van der Waals surface area contributed by atoms with Gasteiger partial charge in [0.25, 0.3) is 0 Å². The van der Waals surface area contributed by atoms with Crippen LogP contribution < -0.4 is 0 Å². The van der Waals surface area contributed by atoms with Gasteiger partial charge in [0.15, 0.2) is 0 Å². The quantitative estimate of drug-likeness (QED) is 0.776. The van der Waals surface area contributed by atoms with Gasteiger partial charge in [-0.3, -0.25) is 0 Å². The maximum absolute atomic E-state index is 12.7. The average molecular weight is 229 g/mol. The van der Waals surface area contributed by atoms with Crippen molar-refractivity contribution in [1.29, 1.82) is 0 Å². The lowest BCUT2D eigenvalue weighted by Crippen LogP contribution is -1.99. The molecule has 0 saturated heterocycles. The molecule has 0 spiro atoms. The third-order valence-corrected chi connectivity index (χ3v) is 2.49. The second-order valence-corrected chi connectivity index (χ2v) is 4.08. The molecule has 1 rings (SSSR count). The Bertz CT molecular complexity index is 363. The fourth-order valence-corrected chi connectivity index (χ4v) is 1.60. The number of allylic oxidation sites excluding steroid dienone is 1. The highest BCUT2D eigenvalue weighted by molar-refractivity contribution is 6.31. The molecule has 1 atom stereocenters. The van der Waals surface area contributed by atoms with Crippen LogP contribution in [0.4, 0.5) is 4.39 Å². The molecule has 0 heterocycles. The summed E-state index contributed by atoms with van der Waals surface area (Å²) in [4.78, 5) is 0. The number of hydrogen-bond donors (Lipinski definition) is 1. The molecule has 82 valence electrons. The summed E-state index contributed by atoms with van der Waals surface area (Å²) in [7, 11) is 0. The molecule has 15 heavy (non-hydrogen) atoms. The largest absolute Gasteiger partial charge is 0.388 e. The Kier molecular flexibility index (Phi) is 4.30. The first-order chi connectivity index (χ1) is 7.00. The predicted octanol–water partition coefficient (Wildman–Crippen LogP) is 3.87. The Hall–Kier alpha value is -0.860. The second-order valence-electron chi connectivity index (χ2n) is 3.68. The molecule has 0 aliphatic rings. The number of rotatable bonds is 4. The molecule has 0 aliphatic heterocycles. The Morgan fingerprint density at radius 1 is 1.60 bits per heavy atom. The average Bonchev–Trinajstić information content (AvgIpc) is 2.14. The fraction of sp³-hybridized carbons (Fsp3) is 0.333. The smallest absolute Gasteiger partial charge is 0.124 e. The summed E-state index contributed by atoms with van der Waals surface area (Å²) < 4.78 is 12.7. The molecule has 0 bridgehead atoms. The zero-order valence-corrected chi connectivity index (χ0v) is 9.39. The number of aliphatic hydroxyl groups excluding tert-OH is 1. The predicted molar refractivity (Wildman–Crippen MR) is 60.4 cm³/mol. The Morgan fingerprint density at radius 2 is 2.27 bits per heavy atom. The van der Waals surface area contributed by atoms with Gasteiger partial charge in [0.05, 0.1) is 6.10 Å². The lowest BCUT2D eigenvalue weighted by molar-refractivity contribution is 0.168. The van der Waals surface area contributed by atoms with Crippen LogP contribution in [-0.4, -0.2) is 5.11 Å². The van der Waals surface area contributed by atoms with Gasteiger partial charge >= 0.3 is 0 Å². The Morgan fingerprint density at radius 3 is 2.80 bits per heavy atom. The van der Waals surface area contributed by atoms with E-state index in [0.717, 1.165) is 12.0 Å². The maximum Gasteiger partial charge on any atom is 0.124 e. The van der Waals surface area contributed by atoms with E-state index in [2.05, 4.69) is 6.58 Å². The van der Waals surface area contributed by atoms with Crippen molar-refractivity contribution in [2.24, 2.45) is 0 Å². The summed E-state index contributed by atoms with van der Waals surface area (Å²) >= 11 is 5.82. The van der Waals surface area contributed by atoms with Crippen LogP contribution in [0.3, 0.4) is 0 Å². The fourth-order valence-electron chi connectivity index (χ4n) is 1.31. The molecule has 0 saturated carbocycles. The van der Waals surface area contributed by atoms with E-state index >= 15 is 0 Å².